The van der Waals surface area contributed by atoms with Gasteiger partial charge in [-0.1, -0.05) is 29.8 Å². The van der Waals surface area contributed by atoms with E-state index in [0.717, 1.165) is 29.1 Å². The van der Waals surface area contributed by atoms with Crippen LogP contribution < -0.4 is 5.32 Å². The van der Waals surface area contributed by atoms with Gasteiger partial charge in [-0.25, -0.2) is 8.42 Å². The van der Waals surface area contributed by atoms with Crippen molar-refractivity contribution in [2.75, 3.05) is 31.1 Å². The SMILES string of the molecule is Cc1cccc([C@@H]2NCC[C@@H]2N2CCS(=O)(=O)CC2)c1Cl.Cl. The fourth-order valence-corrected chi connectivity index (χ4v) is 4.84. The summed E-state index contributed by atoms with van der Waals surface area (Å²) >= 11 is 6.47. The molecular formula is C15H22Cl2N2O2S. The van der Waals surface area contributed by atoms with Crippen molar-refractivity contribution in [3.8, 4) is 0 Å². The summed E-state index contributed by atoms with van der Waals surface area (Å²) in [5, 5.41) is 4.36. The van der Waals surface area contributed by atoms with Crippen LogP contribution in [0, 0.1) is 6.92 Å². The second-order valence-electron chi connectivity index (χ2n) is 5.95. The Balaban J connectivity index is 0.00000176. The molecule has 2 aliphatic heterocycles. The summed E-state index contributed by atoms with van der Waals surface area (Å²) in [6.07, 6.45) is 1.04. The van der Waals surface area contributed by atoms with Crippen LogP contribution in [-0.2, 0) is 9.84 Å². The van der Waals surface area contributed by atoms with E-state index in [1.54, 1.807) is 0 Å². The molecule has 4 nitrogen and oxygen atoms in total. The number of nitrogens with zero attached hydrogens (tertiary/aromatic N) is 1. The summed E-state index contributed by atoms with van der Waals surface area (Å²) in [4.78, 5) is 2.31. The molecule has 0 saturated carbocycles. The summed E-state index contributed by atoms with van der Waals surface area (Å²) in [6, 6.07) is 6.65. The monoisotopic (exact) mass is 364 g/mol. The second-order valence-corrected chi connectivity index (χ2v) is 8.64. The van der Waals surface area contributed by atoms with Gasteiger partial charge in [-0.05, 0) is 31.0 Å². The van der Waals surface area contributed by atoms with Gasteiger partial charge in [0.15, 0.2) is 9.84 Å². The van der Waals surface area contributed by atoms with E-state index in [0.29, 0.717) is 19.1 Å². The zero-order chi connectivity index (χ0) is 15.0. The Morgan fingerprint density at radius 2 is 1.95 bits per heavy atom. The molecule has 0 amide bonds. The van der Waals surface area contributed by atoms with Gasteiger partial charge < -0.3 is 5.32 Å². The van der Waals surface area contributed by atoms with E-state index >= 15 is 0 Å². The molecule has 1 N–H and O–H groups in total. The highest BCUT2D eigenvalue weighted by Crippen LogP contribution is 2.34. The zero-order valence-corrected chi connectivity index (χ0v) is 15.0. The summed E-state index contributed by atoms with van der Waals surface area (Å²) in [5.74, 6) is 0.551. The second kappa shape index (κ2) is 7.05. The third-order valence-electron chi connectivity index (χ3n) is 4.59. The molecule has 0 spiro atoms. The molecule has 1 aromatic rings. The third-order valence-corrected chi connectivity index (χ3v) is 6.72. The number of hydrogen-bond acceptors (Lipinski definition) is 4. The van der Waals surface area contributed by atoms with Gasteiger partial charge in [0.2, 0.25) is 0 Å². The first-order valence-corrected chi connectivity index (χ1v) is 9.61. The molecule has 3 rings (SSSR count). The van der Waals surface area contributed by atoms with Crippen LogP contribution in [0.2, 0.25) is 5.02 Å². The highest BCUT2D eigenvalue weighted by atomic mass is 35.5. The average Bonchev–Trinajstić information content (AvgIpc) is 2.91. The molecule has 22 heavy (non-hydrogen) atoms. The summed E-state index contributed by atoms with van der Waals surface area (Å²) in [6.45, 7) is 4.23. The lowest BCUT2D eigenvalue weighted by Crippen LogP contribution is -2.47. The minimum absolute atomic E-state index is 0. The Labute approximate surface area is 143 Å². The lowest BCUT2D eigenvalue weighted by Gasteiger charge is -2.35. The average molecular weight is 365 g/mol. The Bertz CT molecular complexity index is 622. The van der Waals surface area contributed by atoms with Crippen LogP contribution in [0.4, 0.5) is 0 Å². The van der Waals surface area contributed by atoms with Crippen LogP contribution in [0.5, 0.6) is 0 Å². The van der Waals surface area contributed by atoms with E-state index in [2.05, 4.69) is 16.3 Å². The number of aryl methyl sites for hydroxylation is 1. The first-order chi connectivity index (χ1) is 9.98. The molecule has 0 unspecified atom stereocenters. The standard InChI is InChI=1S/C15H21ClN2O2S.ClH/c1-11-3-2-4-12(14(11)16)15-13(5-6-17-15)18-7-9-21(19,20)10-8-18;/h2-4,13,15,17H,5-10H2,1H3;1H/t13-,15-;/m0./s1. The van der Waals surface area contributed by atoms with Crippen molar-refractivity contribution in [1.82, 2.24) is 10.2 Å². The van der Waals surface area contributed by atoms with E-state index < -0.39 is 9.84 Å². The van der Waals surface area contributed by atoms with Crippen molar-refractivity contribution in [3.63, 3.8) is 0 Å². The highest BCUT2D eigenvalue weighted by molar-refractivity contribution is 7.91. The fourth-order valence-electron chi connectivity index (χ4n) is 3.37. The lowest BCUT2D eigenvalue weighted by molar-refractivity contribution is 0.196. The van der Waals surface area contributed by atoms with Crippen molar-refractivity contribution >= 4 is 33.8 Å². The number of halogens is 2. The van der Waals surface area contributed by atoms with Crippen LogP contribution in [0.3, 0.4) is 0 Å². The number of benzene rings is 1. The molecule has 2 aliphatic rings. The van der Waals surface area contributed by atoms with E-state index in [1.165, 1.54) is 0 Å². The molecule has 0 radical (unpaired) electrons. The van der Waals surface area contributed by atoms with Gasteiger partial charge in [0, 0.05) is 30.2 Å². The Morgan fingerprint density at radius 3 is 2.64 bits per heavy atom. The van der Waals surface area contributed by atoms with Gasteiger partial charge in [0.05, 0.1) is 11.5 Å². The van der Waals surface area contributed by atoms with Crippen LogP contribution >= 0.6 is 24.0 Å². The van der Waals surface area contributed by atoms with Crippen LogP contribution in [0.25, 0.3) is 0 Å². The van der Waals surface area contributed by atoms with Gasteiger partial charge >= 0.3 is 0 Å². The summed E-state index contributed by atoms with van der Waals surface area (Å²) in [5.41, 5.74) is 2.22. The maximum Gasteiger partial charge on any atom is 0.152 e. The number of sulfone groups is 1. The molecule has 0 aliphatic carbocycles. The van der Waals surface area contributed by atoms with Gasteiger partial charge in [-0.2, -0.15) is 0 Å². The molecular weight excluding hydrogens is 343 g/mol. The minimum atomic E-state index is -2.83. The number of nitrogens with one attached hydrogen (secondary N) is 1. The van der Waals surface area contributed by atoms with Crippen LogP contribution in [0.15, 0.2) is 18.2 Å². The van der Waals surface area contributed by atoms with Crippen molar-refractivity contribution in [2.45, 2.75) is 25.4 Å². The largest absolute Gasteiger partial charge is 0.309 e. The smallest absolute Gasteiger partial charge is 0.152 e. The lowest BCUT2D eigenvalue weighted by atomic mass is 9.97. The van der Waals surface area contributed by atoms with E-state index in [-0.39, 0.29) is 30.0 Å². The molecule has 2 fully saturated rings. The molecule has 2 atom stereocenters. The normalized spacial score (nSPS) is 28.3. The highest BCUT2D eigenvalue weighted by Gasteiger charge is 2.36. The van der Waals surface area contributed by atoms with E-state index in [4.69, 9.17) is 11.6 Å². The first-order valence-electron chi connectivity index (χ1n) is 7.41. The Kier molecular flexibility index (Phi) is 5.78. The predicted molar refractivity (Wildman–Crippen MR) is 92.8 cm³/mol. The first kappa shape index (κ1) is 18.0. The van der Waals surface area contributed by atoms with E-state index in [9.17, 15) is 8.42 Å². The minimum Gasteiger partial charge on any atom is -0.309 e. The van der Waals surface area contributed by atoms with Gasteiger partial charge in [0.25, 0.3) is 0 Å². The van der Waals surface area contributed by atoms with Gasteiger partial charge in [0.1, 0.15) is 0 Å². The van der Waals surface area contributed by atoms with Gasteiger partial charge in [-0.3, -0.25) is 4.90 Å². The maximum atomic E-state index is 11.6. The van der Waals surface area contributed by atoms with Crippen LogP contribution in [0.1, 0.15) is 23.6 Å². The Hall–Kier alpha value is -0.330. The molecule has 2 heterocycles. The molecule has 124 valence electrons. The van der Waals surface area contributed by atoms with Crippen molar-refractivity contribution in [2.24, 2.45) is 0 Å². The molecule has 0 aromatic heterocycles. The van der Waals surface area contributed by atoms with Gasteiger partial charge in [-0.15, -0.1) is 12.4 Å². The molecule has 2 saturated heterocycles. The number of rotatable bonds is 2. The predicted octanol–water partition coefficient (Wildman–Crippen LogP) is 2.20. The molecule has 0 bridgehead atoms. The summed E-state index contributed by atoms with van der Waals surface area (Å²) in [7, 11) is -2.83. The topological polar surface area (TPSA) is 49.4 Å². The fraction of sp³-hybridized carbons (Fsp3) is 0.600. The third kappa shape index (κ3) is 3.60. The Morgan fingerprint density at radius 1 is 1.27 bits per heavy atom. The van der Waals surface area contributed by atoms with Crippen molar-refractivity contribution < 1.29 is 8.42 Å². The van der Waals surface area contributed by atoms with Crippen molar-refractivity contribution in [3.05, 3.63) is 34.3 Å². The quantitative estimate of drug-likeness (QED) is 0.873. The zero-order valence-electron chi connectivity index (χ0n) is 12.6. The molecule has 7 heteroatoms. The number of hydrogen-bond donors (Lipinski definition) is 1. The van der Waals surface area contributed by atoms with E-state index in [1.807, 2.05) is 19.1 Å². The van der Waals surface area contributed by atoms with Crippen molar-refractivity contribution in [1.29, 1.82) is 0 Å². The molecule has 1 aromatic carbocycles. The van der Waals surface area contributed by atoms with Crippen LogP contribution in [-0.4, -0.2) is 50.5 Å². The summed E-state index contributed by atoms with van der Waals surface area (Å²) < 4.78 is 23.2. The maximum absolute atomic E-state index is 11.6.